The SMILES string of the molecule is CCn1cc(Br)c(-c2nc(-c3ccccc3Br)nn2-c2ccn(C)n2)n1. The minimum atomic E-state index is 0.607. The summed E-state index contributed by atoms with van der Waals surface area (Å²) in [5.74, 6) is 1.93. The van der Waals surface area contributed by atoms with Crippen LogP contribution in [-0.2, 0) is 13.6 Å². The first-order valence-electron chi connectivity index (χ1n) is 8.02. The van der Waals surface area contributed by atoms with Crippen molar-refractivity contribution in [3.8, 4) is 28.7 Å². The second-order valence-corrected chi connectivity index (χ2v) is 7.39. The lowest BCUT2D eigenvalue weighted by Gasteiger charge is -2.00. The van der Waals surface area contributed by atoms with Crippen LogP contribution in [0.1, 0.15) is 6.92 Å². The molecule has 0 aliphatic rings. The fourth-order valence-electron chi connectivity index (χ4n) is 2.61. The van der Waals surface area contributed by atoms with Gasteiger partial charge in [0.2, 0.25) is 0 Å². The molecule has 3 heterocycles. The predicted molar refractivity (Wildman–Crippen MR) is 106 cm³/mol. The third-order valence-electron chi connectivity index (χ3n) is 3.89. The first-order valence-corrected chi connectivity index (χ1v) is 9.60. The molecule has 7 nitrogen and oxygen atoms in total. The van der Waals surface area contributed by atoms with Gasteiger partial charge in [-0.3, -0.25) is 9.36 Å². The van der Waals surface area contributed by atoms with Gasteiger partial charge in [-0.1, -0.05) is 28.1 Å². The molecule has 9 heteroatoms. The third kappa shape index (κ3) is 3.01. The number of halogens is 2. The van der Waals surface area contributed by atoms with Crippen molar-refractivity contribution in [2.24, 2.45) is 7.05 Å². The Balaban J connectivity index is 1.94. The van der Waals surface area contributed by atoms with Crippen LogP contribution in [0, 0.1) is 0 Å². The highest BCUT2D eigenvalue weighted by Crippen LogP contribution is 2.31. The molecule has 1 aromatic carbocycles. The number of rotatable bonds is 4. The summed E-state index contributed by atoms with van der Waals surface area (Å²) < 4.78 is 7.11. The van der Waals surface area contributed by atoms with Gasteiger partial charge < -0.3 is 0 Å². The summed E-state index contributed by atoms with van der Waals surface area (Å²) in [6.45, 7) is 2.81. The quantitative estimate of drug-likeness (QED) is 0.445. The van der Waals surface area contributed by atoms with E-state index in [0.717, 1.165) is 26.7 Å². The average Bonchev–Trinajstić information content (AvgIpc) is 3.33. The number of nitrogens with zero attached hydrogens (tertiary/aromatic N) is 7. The predicted octanol–water partition coefficient (Wildman–Crippen LogP) is 4.08. The third-order valence-corrected chi connectivity index (χ3v) is 5.16. The number of benzene rings is 1. The maximum Gasteiger partial charge on any atom is 0.187 e. The molecule has 26 heavy (non-hydrogen) atoms. The van der Waals surface area contributed by atoms with E-state index >= 15 is 0 Å². The van der Waals surface area contributed by atoms with E-state index in [1.165, 1.54) is 0 Å². The Morgan fingerprint density at radius 1 is 1.00 bits per heavy atom. The number of aromatic nitrogens is 7. The topological polar surface area (TPSA) is 66.3 Å². The Morgan fingerprint density at radius 3 is 2.46 bits per heavy atom. The molecule has 0 saturated heterocycles. The van der Waals surface area contributed by atoms with Gasteiger partial charge in [0.1, 0.15) is 5.69 Å². The van der Waals surface area contributed by atoms with Crippen LogP contribution in [0.2, 0.25) is 0 Å². The summed E-state index contributed by atoms with van der Waals surface area (Å²) >= 11 is 7.16. The van der Waals surface area contributed by atoms with Crippen molar-refractivity contribution in [3.63, 3.8) is 0 Å². The lowest BCUT2D eigenvalue weighted by atomic mass is 10.2. The zero-order chi connectivity index (χ0) is 18.3. The van der Waals surface area contributed by atoms with Gasteiger partial charge in [-0.15, -0.1) is 5.10 Å². The minimum Gasteiger partial charge on any atom is -0.274 e. The molecule has 4 aromatic rings. The molecule has 0 bridgehead atoms. The van der Waals surface area contributed by atoms with Crippen molar-refractivity contribution in [1.82, 2.24) is 34.3 Å². The van der Waals surface area contributed by atoms with E-state index in [0.29, 0.717) is 17.5 Å². The first-order chi connectivity index (χ1) is 12.6. The molecule has 0 fully saturated rings. The highest BCUT2D eigenvalue weighted by atomic mass is 79.9. The molecule has 132 valence electrons. The van der Waals surface area contributed by atoms with Crippen molar-refractivity contribution in [2.75, 3.05) is 0 Å². The Labute approximate surface area is 166 Å². The molecule has 0 aliphatic heterocycles. The minimum absolute atomic E-state index is 0.607. The fourth-order valence-corrected chi connectivity index (χ4v) is 3.56. The summed E-state index contributed by atoms with van der Waals surface area (Å²) in [4.78, 5) is 4.77. The smallest absolute Gasteiger partial charge is 0.187 e. The van der Waals surface area contributed by atoms with Crippen molar-refractivity contribution in [2.45, 2.75) is 13.5 Å². The van der Waals surface area contributed by atoms with Crippen LogP contribution in [0.4, 0.5) is 0 Å². The van der Waals surface area contributed by atoms with Gasteiger partial charge in [-0.25, -0.2) is 4.98 Å². The summed E-state index contributed by atoms with van der Waals surface area (Å²) in [5, 5.41) is 13.8. The fraction of sp³-hybridized carbons (Fsp3) is 0.176. The normalized spacial score (nSPS) is 11.2. The maximum absolute atomic E-state index is 4.77. The number of aryl methyl sites for hydroxylation is 2. The summed E-state index contributed by atoms with van der Waals surface area (Å²) in [6.07, 6.45) is 3.81. The highest BCUT2D eigenvalue weighted by molar-refractivity contribution is 9.11. The standard InChI is InChI=1S/C17H15Br2N7/c1-3-25-10-13(19)15(22-25)17-20-16(11-6-4-5-7-12(11)18)23-26(17)14-8-9-24(2)21-14/h4-10H,3H2,1-2H3. The lowest BCUT2D eigenvalue weighted by Crippen LogP contribution is -2.03. The molecule has 0 amide bonds. The molecule has 0 radical (unpaired) electrons. The molecule has 0 atom stereocenters. The van der Waals surface area contributed by atoms with E-state index in [2.05, 4.69) is 42.1 Å². The lowest BCUT2D eigenvalue weighted by molar-refractivity contribution is 0.659. The van der Waals surface area contributed by atoms with Crippen molar-refractivity contribution >= 4 is 31.9 Å². The average molecular weight is 477 g/mol. The largest absolute Gasteiger partial charge is 0.274 e. The summed E-state index contributed by atoms with van der Waals surface area (Å²) in [5.41, 5.74) is 1.64. The van der Waals surface area contributed by atoms with Gasteiger partial charge in [-0.2, -0.15) is 14.9 Å². The van der Waals surface area contributed by atoms with Gasteiger partial charge >= 0.3 is 0 Å². The van der Waals surface area contributed by atoms with Crippen molar-refractivity contribution in [3.05, 3.63) is 51.7 Å². The van der Waals surface area contributed by atoms with Gasteiger partial charge in [-0.05, 0) is 35.0 Å². The monoisotopic (exact) mass is 475 g/mol. The Hall–Kier alpha value is -2.26. The zero-order valence-electron chi connectivity index (χ0n) is 14.1. The van der Waals surface area contributed by atoms with Gasteiger partial charge in [0, 0.05) is 42.1 Å². The number of hydrogen-bond acceptors (Lipinski definition) is 4. The summed E-state index contributed by atoms with van der Waals surface area (Å²) in [7, 11) is 1.87. The van der Waals surface area contributed by atoms with Crippen LogP contribution in [0.3, 0.4) is 0 Å². The van der Waals surface area contributed by atoms with Crippen molar-refractivity contribution in [1.29, 1.82) is 0 Å². The molecule has 0 unspecified atom stereocenters. The zero-order valence-corrected chi connectivity index (χ0v) is 17.3. The van der Waals surface area contributed by atoms with E-state index < -0.39 is 0 Å². The van der Waals surface area contributed by atoms with Crippen molar-refractivity contribution < 1.29 is 0 Å². The van der Waals surface area contributed by atoms with E-state index in [4.69, 9.17) is 10.1 Å². The Bertz CT molecular complexity index is 1080. The Morgan fingerprint density at radius 2 is 1.81 bits per heavy atom. The van der Waals surface area contributed by atoms with Gasteiger partial charge in [0.25, 0.3) is 0 Å². The second kappa shape index (κ2) is 6.81. The van der Waals surface area contributed by atoms with E-state index in [-0.39, 0.29) is 0 Å². The van der Waals surface area contributed by atoms with E-state index in [9.17, 15) is 0 Å². The molecule has 0 saturated carbocycles. The van der Waals surface area contributed by atoms with Crippen LogP contribution in [0.25, 0.3) is 28.7 Å². The number of hydrogen-bond donors (Lipinski definition) is 0. The van der Waals surface area contributed by atoms with E-state index in [1.807, 2.05) is 61.4 Å². The van der Waals surface area contributed by atoms with Crippen LogP contribution in [-0.4, -0.2) is 34.3 Å². The van der Waals surface area contributed by atoms with Gasteiger partial charge in [0.05, 0.1) is 4.47 Å². The van der Waals surface area contributed by atoms with Crippen LogP contribution in [0.5, 0.6) is 0 Å². The van der Waals surface area contributed by atoms with Crippen LogP contribution in [0.15, 0.2) is 51.7 Å². The Kier molecular flexibility index (Phi) is 4.49. The molecular formula is C17H15Br2N7. The summed E-state index contributed by atoms with van der Waals surface area (Å²) in [6, 6.07) is 9.77. The molecule has 0 aliphatic carbocycles. The maximum atomic E-state index is 4.77. The van der Waals surface area contributed by atoms with Crippen LogP contribution >= 0.6 is 31.9 Å². The highest BCUT2D eigenvalue weighted by Gasteiger charge is 2.21. The molecule has 4 rings (SSSR count). The molecular weight excluding hydrogens is 462 g/mol. The van der Waals surface area contributed by atoms with Gasteiger partial charge in [0.15, 0.2) is 17.5 Å². The molecule has 0 spiro atoms. The second-order valence-electron chi connectivity index (χ2n) is 5.68. The molecule has 3 aromatic heterocycles. The first kappa shape index (κ1) is 17.2. The van der Waals surface area contributed by atoms with E-state index in [1.54, 1.807) is 9.36 Å². The van der Waals surface area contributed by atoms with Crippen LogP contribution < -0.4 is 0 Å². The molecule has 0 N–H and O–H groups in total.